The number of nitrogens with zero attached hydrogens (tertiary/aromatic N) is 1. The van der Waals surface area contributed by atoms with E-state index in [4.69, 9.17) is 4.74 Å². The third-order valence-corrected chi connectivity index (χ3v) is 3.83. The summed E-state index contributed by atoms with van der Waals surface area (Å²) in [7, 11) is 0. The largest absolute Gasteiger partial charge is 0.445 e. The number of carbonyl (C=O) groups excluding carboxylic acids is 1. The molecule has 1 N–H and O–H groups in total. The second-order valence-electron chi connectivity index (χ2n) is 5.60. The number of benzene rings is 1. The van der Waals surface area contributed by atoms with Gasteiger partial charge >= 0.3 is 6.09 Å². The molecule has 2 rings (SSSR count). The molecule has 0 aromatic heterocycles. The minimum absolute atomic E-state index is 0.321. The fraction of sp³-hybridized carbons (Fsp3) is 0.588. The Balaban J connectivity index is 1.44. The van der Waals surface area contributed by atoms with Crippen molar-refractivity contribution in [3.63, 3.8) is 0 Å². The molecule has 0 spiro atoms. The van der Waals surface area contributed by atoms with E-state index in [-0.39, 0.29) is 6.09 Å². The van der Waals surface area contributed by atoms with Crippen molar-refractivity contribution in [3.8, 4) is 0 Å². The topological polar surface area (TPSA) is 41.6 Å². The number of nitrogens with one attached hydrogen (secondary N) is 1. The Morgan fingerprint density at radius 3 is 2.62 bits per heavy atom. The molecule has 1 aliphatic heterocycles. The van der Waals surface area contributed by atoms with Crippen molar-refractivity contribution in [2.45, 2.75) is 38.7 Å². The monoisotopic (exact) mass is 290 g/mol. The average molecular weight is 290 g/mol. The number of carbonyl (C=O) groups is 1. The van der Waals surface area contributed by atoms with Crippen LogP contribution in [-0.2, 0) is 11.3 Å². The summed E-state index contributed by atoms with van der Waals surface area (Å²) in [6.07, 6.45) is 5.80. The van der Waals surface area contributed by atoms with Gasteiger partial charge in [0.15, 0.2) is 0 Å². The zero-order chi connectivity index (χ0) is 14.8. The fourth-order valence-electron chi connectivity index (χ4n) is 2.61. The van der Waals surface area contributed by atoms with Gasteiger partial charge < -0.3 is 15.0 Å². The van der Waals surface area contributed by atoms with Crippen molar-refractivity contribution in [1.82, 2.24) is 10.2 Å². The Kier molecular flexibility index (Phi) is 7.08. The third-order valence-electron chi connectivity index (χ3n) is 3.83. The number of ether oxygens (including phenoxy) is 1. The van der Waals surface area contributed by atoms with Gasteiger partial charge in [0.05, 0.1) is 0 Å². The van der Waals surface area contributed by atoms with E-state index in [1.54, 1.807) is 0 Å². The molecule has 1 amide bonds. The van der Waals surface area contributed by atoms with Crippen molar-refractivity contribution >= 4 is 6.09 Å². The van der Waals surface area contributed by atoms with Crippen molar-refractivity contribution in [2.75, 3.05) is 26.2 Å². The van der Waals surface area contributed by atoms with E-state index in [0.29, 0.717) is 13.2 Å². The minimum Gasteiger partial charge on any atom is -0.445 e. The maximum Gasteiger partial charge on any atom is 0.407 e. The first-order chi connectivity index (χ1) is 10.3. The number of unbranched alkanes of at least 4 members (excludes halogenated alkanes) is 2. The first kappa shape index (κ1) is 15.8. The number of alkyl carbamates (subject to hydrolysis) is 1. The molecule has 1 aliphatic rings. The van der Waals surface area contributed by atoms with Crippen LogP contribution in [0.25, 0.3) is 0 Å². The van der Waals surface area contributed by atoms with Crippen LogP contribution in [0, 0.1) is 0 Å². The summed E-state index contributed by atoms with van der Waals surface area (Å²) >= 11 is 0. The van der Waals surface area contributed by atoms with Gasteiger partial charge in [-0.2, -0.15) is 0 Å². The van der Waals surface area contributed by atoms with E-state index in [9.17, 15) is 4.79 Å². The lowest BCUT2D eigenvalue weighted by molar-refractivity contribution is 0.139. The minimum atomic E-state index is -0.321. The van der Waals surface area contributed by atoms with E-state index < -0.39 is 0 Å². The van der Waals surface area contributed by atoms with Gasteiger partial charge in [0.25, 0.3) is 0 Å². The van der Waals surface area contributed by atoms with E-state index in [0.717, 1.165) is 18.4 Å². The summed E-state index contributed by atoms with van der Waals surface area (Å²) in [6, 6.07) is 9.73. The van der Waals surface area contributed by atoms with Crippen molar-refractivity contribution in [2.24, 2.45) is 0 Å². The van der Waals surface area contributed by atoms with Crippen LogP contribution in [0.1, 0.15) is 37.7 Å². The fourth-order valence-corrected chi connectivity index (χ4v) is 2.61. The quantitative estimate of drug-likeness (QED) is 0.748. The zero-order valence-electron chi connectivity index (χ0n) is 12.7. The van der Waals surface area contributed by atoms with Crippen LogP contribution in [0.5, 0.6) is 0 Å². The Labute approximate surface area is 127 Å². The first-order valence-electron chi connectivity index (χ1n) is 8.01. The zero-order valence-corrected chi connectivity index (χ0v) is 12.7. The van der Waals surface area contributed by atoms with Gasteiger partial charge in [-0.05, 0) is 50.9 Å². The highest BCUT2D eigenvalue weighted by Crippen LogP contribution is 2.08. The summed E-state index contributed by atoms with van der Waals surface area (Å²) < 4.78 is 5.16. The lowest BCUT2D eigenvalue weighted by atomic mass is 10.2. The summed E-state index contributed by atoms with van der Waals surface area (Å²) in [5.41, 5.74) is 1.01. The van der Waals surface area contributed by atoms with E-state index in [2.05, 4.69) is 10.2 Å². The van der Waals surface area contributed by atoms with E-state index >= 15 is 0 Å². The SMILES string of the molecule is O=C(NCCCCCN1CCCC1)OCc1ccccc1. The highest BCUT2D eigenvalue weighted by molar-refractivity contribution is 5.67. The van der Waals surface area contributed by atoms with Crippen molar-refractivity contribution < 1.29 is 9.53 Å². The number of hydrogen-bond acceptors (Lipinski definition) is 3. The van der Waals surface area contributed by atoms with Gasteiger partial charge in [0.1, 0.15) is 6.61 Å². The molecular weight excluding hydrogens is 264 g/mol. The maximum atomic E-state index is 11.5. The molecule has 1 aromatic carbocycles. The van der Waals surface area contributed by atoms with E-state index in [1.807, 2.05) is 30.3 Å². The molecule has 0 saturated carbocycles. The smallest absolute Gasteiger partial charge is 0.407 e. The summed E-state index contributed by atoms with van der Waals surface area (Å²) in [6.45, 7) is 4.78. The molecule has 1 fully saturated rings. The molecule has 4 heteroatoms. The predicted molar refractivity (Wildman–Crippen MR) is 84.2 cm³/mol. The van der Waals surface area contributed by atoms with Crippen molar-refractivity contribution in [3.05, 3.63) is 35.9 Å². The predicted octanol–water partition coefficient (Wildman–Crippen LogP) is 3.18. The van der Waals surface area contributed by atoms with Crippen LogP contribution < -0.4 is 5.32 Å². The highest BCUT2D eigenvalue weighted by atomic mass is 16.5. The molecule has 4 nitrogen and oxygen atoms in total. The van der Waals surface area contributed by atoms with Crippen LogP contribution in [-0.4, -0.2) is 37.2 Å². The van der Waals surface area contributed by atoms with Crippen LogP contribution in [0.3, 0.4) is 0 Å². The molecule has 21 heavy (non-hydrogen) atoms. The van der Waals surface area contributed by atoms with Gasteiger partial charge in [0, 0.05) is 6.54 Å². The maximum absolute atomic E-state index is 11.5. The molecule has 0 atom stereocenters. The third kappa shape index (κ3) is 6.63. The summed E-state index contributed by atoms with van der Waals surface area (Å²) in [5.74, 6) is 0. The number of amides is 1. The lowest BCUT2D eigenvalue weighted by Crippen LogP contribution is -2.25. The number of hydrogen-bond donors (Lipinski definition) is 1. The molecular formula is C17H26N2O2. The molecule has 0 bridgehead atoms. The number of rotatable bonds is 8. The Morgan fingerprint density at radius 2 is 1.86 bits per heavy atom. The molecule has 0 radical (unpaired) electrons. The van der Waals surface area contributed by atoms with E-state index in [1.165, 1.54) is 38.9 Å². The lowest BCUT2D eigenvalue weighted by Gasteiger charge is -2.13. The van der Waals surface area contributed by atoms with Crippen LogP contribution in [0.2, 0.25) is 0 Å². The van der Waals surface area contributed by atoms with Gasteiger partial charge in [-0.15, -0.1) is 0 Å². The molecule has 1 saturated heterocycles. The van der Waals surface area contributed by atoms with Crippen molar-refractivity contribution in [1.29, 1.82) is 0 Å². The highest BCUT2D eigenvalue weighted by Gasteiger charge is 2.10. The summed E-state index contributed by atoms with van der Waals surface area (Å²) in [4.78, 5) is 14.0. The second kappa shape index (κ2) is 9.40. The second-order valence-corrected chi connectivity index (χ2v) is 5.60. The van der Waals surface area contributed by atoms with Crippen LogP contribution in [0.15, 0.2) is 30.3 Å². The molecule has 1 aromatic rings. The van der Waals surface area contributed by atoms with Gasteiger partial charge in [-0.3, -0.25) is 0 Å². The first-order valence-corrected chi connectivity index (χ1v) is 8.01. The number of likely N-dealkylation sites (tertiary alicyclic amines) is 1. The molecule has 116 valence electrons. The Hall–Kier alpha value is -1.55. The average Bonchev–Trinajstić information content (AvgIpc) is 3.03. The molecule has 1 heterocycles. The van der Waals surface area contributed by atoms with Gasteiger partial charge in [0.2, 0.25) is 0 Å². The molecule has 0 unspecified atom stereocenters. The van der Waals surface area contributed by atoms with Crippen LogP contribution >= 0.6 is 0 Å². The standard InChI is InChI=1S/C17H26N2O2/c20-17(21-15-16-9-3-1-4-10-16)18-11-5-2-6-12-19-13-7-8-14-19/h1,3-4,9-10H,2,5-8,11-15H2,(H,18,20). The van der Waals surface area contributed by atoms with Gasteiger partial charge in [-0.25, -0.2) is 4.79 Å². The van der Waals surface area contributed by atoms with Crippen LogP contribution in [0.4, 0.5) is 4.79 Å². The Morgan fingerprint density at radius 1 is 1.10 bits per heavy atom. The molecule has 0 aliphatic carbocycles. The summed E-state index contributed by atoms with van der Waals surface area (Å²) in [5, 5.41) is 2.81. The Bertz CT molecular complexity index is 403. The normalized spacial score (nSPS) is 15.0. The van der Waals surface area contributed by atoms with Gasteiger partial charge in [-0.1, -0.05) is 36.8 Å².